The number of esters is 2. The van der Waals surface area contributed by atoms with Crippen molar-refractivity contribution in [2.45, 2.75) is 161 Å². The highest BCUT2D eigenvalue weighted by Gasteiger charge is 2.25. The van der Waals surface area contributed by atoms with Crippen molar-refractivity contribution in [1.82, 2.24) is 0 Å². The second-order valence-electron chi connectivity index (χ2n) is 13.5. The Kier molecular flexibility index (Phi) is 38.8. The van der Waals surface area contributed by atoms with E-state index in [1.54, 1.807) is 0 Å². The molecule has 0 aliphatic heterocycles. The van der Waals surface area contributed by atoms with Crippen LogP contribution in [0, 0.1) is 0 Å². The summed E-state index contributed by atoms with van der Waals surface area (Å²) in [5.41, 5.74) is 5.33. The Morgan fingerprint density at radius 2 is 1.00 bits per heavy atom. The molecular weight excluding hydrogens is 713 g/mol. The van der Waals surface area contributed by atoms with Crippen LogP contribution < -0.4 is 5.73 Å². The number of carbonyl (C=O) groups is 2. The average Bonchev–Trinajstić information content (AvgIpc) is 3.17. The number of phosphoric ester groups is 1. The van der Waals surface area contributed by atoms with Gasteiger partial charge in [0.05, 0.1) is 13.2 Å². The Balaban J connectivity index is 4.21. The van der Waals surface area contributed by atoms with Crippen molar-refractivity contribution in [3.05, 3.63) is 85.1 Å². The van der Waals surface area contributed by atoms with Crippen LogP contribution in [0.25, 0.3) is 0 Å². The quantitative estimate of drug-likeness (QED) is 0.0271. The van der Waals surface area contributed by atoms with Gasteiger partial charge in [0.15, 0.2) is 6.10 Å². The van der Waals surface area contributed by atoms with Gasteiger partial charge < -0.3 is 20.1 Å². The van der Waals surface area contributed by atoms with Crippen molar-refractivity contribution < 1.29 is 37.6 Å². The molecule has 0 saturated carbocycles. The molecule has 3 N–H and O–H groups in total. The molecule has 314 valence electrons. The maximum absolute atomic E-state index is 12.5. The minimum atomic E-state index is -4.39. The molecule has 0 aromatic carbocycles. The molecule has 2 unspecified atom stereocenters. The lowest BCUT2D eigenvalue weighted by atomic mass is 10.1. The molecule has 0 amide bonds. The molecule has 0 heterocycles. The first kappa shape index (κ1) is 52.2. The first-order valence-corrected chi connectivity index (χ1v) is 22.6. The van der Waals surface area contributed by atoms with Crippen LogP contribution in [0.1, 0.15) is 155 Å². The van der Waals surface area contributed by atoms with Gasteiger partial charge >= 0.3 is 19.8 Å². The topological polar surface area (TPSA) is 134 Å². The Bertz CT molecular complexity index is 1170. The second-order valence-corrected chi connectivity index (χ2v) is 14.9. The molecule has 10 heteroatoms. The summed E-state index contributed by atoms with van der Waals surface area (Å²) in [4.78, 5) is 34.7. The van der Waals surface area contributed by atoms with Gasteiger partial charge in [0.2, 0.25) is 0 Å². The summed E-state index contributed by atoms with van der Waals surface area (Å²) in [6.45, 7) is 3.53. The molecule has 0 rings (SSSR count). The zero-order valence-corrected chi connectivity index (χ0v) is 35.3. The molecule has 0 aliphatic carbocycles. The van der Waals surface area contributed by atoms with E-state index in [4.69, 9.17) is 24.3 Å². The Morgan fingerprint density at radius 3 is 1.49 bits per heavy atom. The number of phosphoric acid groups is 1. The first-order chi connectivity index (χ1) is 26.8. The van der Waals surface area contributed by atoms with Crippen LogP contribution in [0.15, 0.2) is 85.1 Å². The number of carbonyl (C=O) groups excluding carboxylic acids is 2. The Hall–Kier alpha value is -2.81. The molecular formula is C45H76NO8P. The van der Waals surface area contributed by atoms with E-state index in [1.807, 2.05) is 0 Å². The maximum atomic E-state index is 12.5. The zero-order valence-electron chi connectivity index (χ0n) is 34.4. The summed E-state index contributed by atoms with van der Waals surface area (Å²) in [5, 5.41) is 0. The van der Waals surface area contributed by atoms with Crippen molar-refractivity contribution in [3.63, 3.8) is 0 Å². The van der Waals surface area contributed by atoms with E-state index in [9.17, 15) is 19.0 Å². The fourth-order valence-electron chi connectivity index (χ4n) is 5.20. The van der Waals surface area contributed by atoms with Crippen molar-refractivity contribution in [2.75, 3.05) is 26.4 Å². The molecule has 0 aromatic rings. The Morgan fingerprint density at radius 1 is 0.564 bits per heavy atom. The molecule has 0 fully saturated rings. The molecule has 0 radical (unpaired) electrons. The summed E-state index contributed by atoms with van der Waals surface area (Å²) >= 11 is 0. The number of allylic oxidation sites excluding steroid dienone is 14. The van der Waals surface area contributed by atoms with Crippen LogP contribution in [0.3, 0.4) is 0 Å². The third kappa shape index (κ3) is 40.7. The van der Waals surface area contributed by atoms with Crippen LogP contribution >= 0.6 is 7.82 Å². The van der Waals surface area contributed by atoms with Gasteiger partial charge in [-0.25, -0.2) is 4.57 Å². The lowest BCUT2D eigenvalue weighted by Gasteiger charge is -2.19. The number of hydrogen-bond donors (Lipinski definition) is 2. The van der Waals surface area contributed by atoms with Crippen molar-refractivity contribution in [1.29, 1.82) is 0 Å². The van der Waals surface area contributed by atoms with E-state index >= 15 is 0 Å². The highest BCUT2D eigenvalue weighted by Crippen LogP contribution is 2.43. The van der Waals surface area contributed by atoms with Crippen molar-refractivity contribution >= 4 is 19.8 Å². The van der Waals surface area contributed by atoms with E-state index in [2.05, 4.69) is 98.9 Å². The summed E-state index contributed by atoms with van der Waals surface area (Å²) in [5.74, 6) is -0.878. The highest BCUT2D eigenvalue weighted by molar-refractivity contribution is 7.47. The van der Waals surface area contributed by atoms with E-state index in [0.717, 1.165) is 83.5 Å². The average molecular weight is 790 g/mol. The molecule has 9 nitrogen and oxygen atoms in total. The number of rotatable bonds is 38. The SMILES string of the molecule is CC/C=C\C/C=C\C/C=C\C/C=C\C/C=C\C/C=C\C/C=C\CCCCCC(=O)OC(COC(=O)CCCCCCCCCCC)COP(=O)(O)OCCN. The van der Waals surface area contributed by atoms with Crippen LogP contribution in [0.5, 0.6) is 0 Å². The third-order valence-electron chi connectivity index (χ3n) is 8.30. The summed E-state index contributed by atoms with van der Waals surface area (Å²) in [6.07, 6.45) is 50.5. The van der Waals surface area contributed by atoms with E-state index in [1.165, 1.54) is 38.5 Å². The fraction of sp³-hybridized carbons (Fsp3) is 0.644. The predicted octanol–water partition coefficient (Wildman–Crippen LogP) is 12.0. The monoisotopic (exact) mass is 790 g/mol. The lowest BCUT2D eigenvalue weighted by molar-refractivity contribution is -0.161. The van der Waals surface area contributed by atoms with E-state index in [0.29, 0.717) is 6.42 Å². The van der Waals surface area contributed by atoms with Gasteiger partial charge in [-0.15, -0.1) is 0 Å². The van der Waals surface area contributed by atoms with Crippen LogP contribution in [0.2, 0.25) is 0 Å². The highest BCUT2D eigenvalue weighted by atomic mass is 31.2. The normalized spacial score (nSPS) is 14.2. The van der Waals surface area contributed by atoms with E-state index in [-0.39, 0.29) is 32.6 Å². The van der Waals surface area contributed by atoms with Crippen LogP contribution in [-0.4, -0.2) is 49.3 Å². The number of hydrogen-bond acceptors (Lipinski definition) is 8. The minimum absolute atomic E-state index is 0.0437. The maximum Gasteiger partial charge on any atom is 0.472 e. The van der Waals surface area contributed by atoms with E-state index < -0.39 is 32.5 Å². The smallest absolute Gasteiger partial charge is 0.462 e. The second kappa shape index (κ2) is 40.8. The van der Waals surface area contributed by atoms with Gasteiger partial charge in [0, 0.05) is 19.4 Å². The van der Waals surface area contributed by atoms with Gasteiger partial charge in [-0.3, -0.25) is 18.6 Å². The van der Waals surface area contributed by atoms with Gasteiger partial charge in [-0.05, 0) is 70.6 Å². The summed E-state index contributed by atoms with van der Waals surface area (Å²) in [7, 11) is -4.39. The minimum Gasteiger partial charge on any atom is -0.462 e. The summed E-state index contributed by atoms with van der Waals surface area (Å²) < 4.78 is 32.6. The number of ether oxygens (including phenoxy) is 2. The largest absolute Gasteiger partial charge is 0.472 e. The fourth-order valence-corrected chi connectivity index (χ4v) is 5.97. The molecule has 0 saturated heterocycles. The molecule has 0 bridgehead atoms. The molecule has 0 aliphatic rings. The van der Waals surface area contributed by atoms with Gasteiger partial charge in [-0.2, -0.15) is 0 Å². The third-order valence-corrected chi connectivity index (χ3v) is 9.28. The molecule has 0 spiro atoms. The van der Waals surface area contributed by atoms with Gasteiger partial charge in [0.25, 0.3) is 0 Å². The zero-order chi connectivity index (χ0) is 40.3. The standard InChI is InChI=1S/C45H76NO8P/c1-3-5-7-9-11-13-14-15-16-17-18-19-20-21-22-23-24-25-26-27-28-30-32-34-36-38-45(48)54-43(42-53-55(49,50)52-40-39-46)41-51-44(47)37-35-33-31-29-12-10-8-6-4-2/h5,7,11,13,15-16,18-19,21-22,24-25,27-28,43H,3-4,6,8-10,12,14,17,20,23,26,29-42,46H2,1-2H3,(H,49,50)/b7-5-,13-11-,16-15-,19-18-,22-21-,25-24-,28-27-. The molecule has 2 atom stereocenters. The molecule has 55 heavy (non-hydrogen) atoms. The van der Waals surface area contributed by atoms with Crippen molar-refractivity contribution in [2.24, 2.45) is 5.73 Å². The Labute approximate surface area is 334 Å². The van der Waals surface area contributed by atoms with Crippen LogP contribution in [0.4, 0.5) is 0 Å². The van der Waals surface area contributed by atoms with Gasteiger partial charge in [0.1, 0.15) is 6.61 Å². The number of unbranched alkanes of at least 4 members (excludes halogenated alkanes) is 11. The van der Waals surface area contributed by atoms with Gasteiger partial charge in [-0.1, -0.05) is 157 Å². The van der Waals surface area contributed by atoms with Crippen LogP contribution in [-0.2, 0) is 32.7 Å². The van der Waals surface area contributed by atoms with Crippen molar-refractivity contribution in [3.8, 4) is 0 Å². The summed E-state index contributed by atoms with van der Waals surface area (Å²) in [6, 6.07) is 0. The predicted molar refractivity (Wildman–Crippen MR) is 229 cm³/mol. The first-order valence-electron chi connectivity index (χ1n) is 21.1. The lowest BCUT2D eigenvalue weighted by Crippen LogP contribution is -2.29. The number of nitrogens with two attached hydrogens (primary N) is 1. The molecule has 0 aromatic heterocycles.